The van der Waals surface area contributed by atoms with Gasteiger partial charge in [0.2, 0.25) is 0 Å². The highest BCUT2D eigenvalue weighted by Gasteiger charge is 2.46. The normalized spacial score (nSPS) is 16.9. The van der Waals surface area contributed by atoms with E-state index in [9.17, 15) is 9.59 Å². The largest absolute Gasteiger partial charge is 0.481 e. The van der Waals surface area contributed by atoms with Crippen molar-refractivity contribution >= 4 is 17.8 Å². The summed E-state index contributed by atoms with van der Waals surface area (Å²) in [6, 6.07) is 0. The maximum absolute atomic E-state index is 12.8. The summed E-state index contributed by atoms with van der Waals surface area (Å²) in [7, 11) is 0. The van der Waals surface area contributed by atoms with Crippen molar-refractivity contribution in [3.63, 3.8) is 0 Å². The molecule has 22 heavy (non-hydrogen) atoms. The molecule has 126 valence electrons. The molecule has 0 saturated carbocycles. The van der Waals surface area contributed by atoms with Gasteiger partial charge in [0.05, 0.1) is 0 Å². The SMILES string of the molecule is CCCCC1(CCCC)N=C(N)N(CCCCC(=O)O)C1=O. The van der Waals surface area contributed by atoms with Gasteiger partial charge >= 0.3 is 5.97 Å². The number of carboxylic acids is 1. The third-order valence-corrected chi connectivity index (χ3v) is 4.16. The fraction of sp³-hybridized carbons (Fsp3) is 0.812. The van der Waals surface area contributed by atoms with E-state index >= 15 is 0 Å². The Labute approximate surface area is 132 Å². The summed E-state index contributed by atoms with van der Waals surface area (Å²) in [5.74, 6) is -0.510. The summed E-state index contributed by atoms with van der Waals surface area (Å²) in [4.78, 5) is 29.4. The van der Waals surface area contributed by atoms with Crippen LogP contribution in [0.1, 0.15) is 71.6 Å². The number of carboxylic acid groups (broad SMARTS) is 1. The fourth-order valence-electron chi connectivity index (χ4n) is 2.83. The zero-order valence-corrected chi connectivity index (χ0v) is 13.8. The van der Waals surface area contributed by atoms with Crippen LogP contribution in [0, 0.1) is 0 Å². The maximum Gasteiger partial charge on any atom is 0.303 e. The number of nitrogens with zero attached hydrogens (tertiary/aromatic N) is 2. The molecule has 0 aromatic carbocycles. The van der Waals surface area contributed by atoms with Crippen molar-refractivity contribution in [3.05, 3.63) is 0 Å². The average Bonchev–Trinajstić information content (AvgIpc) is 2.71. The van der Waals surface area contributed by atoms with Crippen LogP contribution in [0.4, 0.5) is 0 Å². The van der Waals surface area contributed by atoms with Crippen LogP contribution in [-0.2, 0) is 9.59 Å². The van der Waals surface area contributed by atoms with Crippen molar-refractivity contribution in [1.82, 2.24) is 4.90 Å². The molecule has 1 heterocycles. The number of carbonyl (C=O) groups excluding carboxylic acids is 1. The second kappa shape index (κ2) is 8.76. The molecule has 0 bridgehead atoms. The molecule has 6 nitrogen and oxygen atoms in total. The minimum atomic E-state index is -0.811. The van der Waals surface area contributed by atoms with Crippen molar-refractivity contribution in [3.8, 4) is 0 Å². The van der Waals surface area contributed by atoms with Gasteiger partial charge in [-0.05, 0) is 25.7 Å². The Bertz CT molecular complexity index is 413. The van der Waals surface area contributed by atoms with E-state index < -0.39 is 11.5 Å². The van der Waals surface area contributed by atoms with E-state index in [1.54, 1.807) is 4.90 Å². The van der Waals surface area contributed by atoms with E-state index in [1.807, 2.05) is 0 Å². The number of unbranched alkanes of at least 4 members (excludes halogenated alkanes) is 3. The van der Waals surface area contributed by atoms with Crippen LogP contribution in [0.15, 0.2) is 4.99 Å². The quantitative estimate of drug-likeness (QED) is 0.573. The van der Waals surface area contributed by atoms with Gasteiger partial charge in [-0.25, -0.2) is 4.99 Å². The molecule has 0 atom stereocenters. The number of carbonyl (C=O) groups is 2. The van der Waals surface area contributed by atoms with Crippen LogP contribution in [-0.4, -0.2) is 39.9 Å². The topological polar surface area (TPSA) is 96.0 Å². The van der Waals surface area contributed by atoms with Gasteiger partial charge in [0, 0.05) is 13.0 Å². The summed E-state index contributed by atoms with van der Waals surface area (Å²) in [6.07, 6.45) is 6.75. The maximum atomic E-state index is 12.8. The van der Waals surface area contributed by atoms with Gasteiger partial charge in [0.25, 0.3) is 5.91 Å². The third kappa shape index (κ3) is 4.71. The highest BCUT2D eigenvalue weighted by molar-refractivity contribution is 6.06. The van der Waals surface area contributed by atoms with Crippen molar-refractivity contribution < 1.29 is 14.7 Å². The van der Waals surface area contributed by atoms with Crippen molar-refractivity contribution in [1.29, 1.82) is 0 Å². The first-order valence-electron chi connectivity index (χ1n) is 8.36. The molecule has 0 spiro atoms. The van der Waals surface area contributed by atoms with E-state index in [4.69, 9.17) is 10.8 Å². The van der Waals surface area contributed by atoms with Gasteiger partial charge in [-0.15, -0.1) is 0 Å². The van der Waals surface area contributed by atoms with Gasteiger partial charge in [-0.3, -0.25) is 14.5 Å². The summed E-state index contributed by atoms with van der Waals surface area (Å²) in [5, 5.41) is 8.66. The number of aliphatic imine (C=N–C) groups is 1. The van der Waals surface area contributed by atoms with Gasteiger partial charge in [0.1, 0.15) is 5.54 Å². The second-order valence-corrected chi connectivity index (χ2v) is 6.02. The van der Waals surface area contributed by atoms with E-state index in [2.05, 4.69) is 18.8 Å². The van der Waals surface area contributed by atoms with E-state index in [0.29, 0.717) is 25.3 Å². The van der Waals surface area contributed by atoms with Crippen LogP contribution < -0.4 is 5.73 Å². The molecule has 3 N–H and O–H groups in total. The molecule has 1 aliphatic heterocycles. The molecule has 0 aromatic rings. The standard InChI is InChI=1S/C16H29N3O3/c1-3-5-10-16(11-6-4-2)14(22)19(15(17)18-16)12-8-7-9-13(20)21/h3-12H2,1-2H3,(H2,17,18)(H,20,21). The van der Waals surface area contributed by atoms with Crippen LogP contribution in [0.3, 0.4) is 0 Å². The lowest BCUT2D eigenvalue weighted by atomic mass is 9.87. The number of aliphatic carboxylic acids is 1. The number of amides is 1. The Hall–Kier alpha value is -1.59. The monoisotopic (exact) mass is 311 g/mol. The molecule has 0 aliphatic carbocycles. The predicted molar refractivity (Wildman–Crippen MR) is 86.6 cm³/mol. The lowest BCUT2D eigenvalue weighted by Crippen LogP contribution is -2.44. The minimum Gasteiger partial charge on any atom is -0.481 e. The lowest BCUT2D eigenvalue weighted by molar-refractivity contribution is -0.137. The number of hydrogen-bond donors (Lipinski definition) is 2. The molecule has 1 aliphatic rings. The van der Waals surface area contributed by atoms with Crippen LogP contribution in [0.2, 0.25) is 0 Å². The van der Waals surface area contributed by atoms with E-state index in [-0.39, 0.29) is 12.3 Å². The van der Waals surface area contributed by atoms with Gasteiger partial charge in [0.15, 0.2) is 5.96 Å². The van der Waals surface area contributed by atoms with E-state index in [1.165, 1.54) is 0 Å². The van der Waals surface area contributed by atoms with Gasteiger partial charge < -0.3 is 10.8 Å². The summed E-state index contributed by atoms with van der Waals surface area (Å²) >= 11 is 0. The molecular formula is C16H29N3O3. The Kier molecular flexibility index (Phi) is 7.35. The highest BCUT2D eigenvalue weighted by Crippen LogP contribution is 2.32. The first-order chi connectivity index (χ1) is 10.5. The van der Waals surface area contributed by atoms with Crippen LogP contribution in [0.5, 0.6) is 0 Å². The van der Waals surface area contributed by atoms with Crippen molar-refractivity contribution in [2.45, 2.75) is 77.2 Å². The fourth-order valence-corrected chi connectivity index (χ4v) is 2.83. The zero-order chi connectivity index (χ0) is 16.6. The first kappa shape index (κ1) is 18.5. The first-order valence-corrected chi connectivity index (χ1v) is 8.36. The molecule has 0 fully saturated rings. The summed E-state index contributed by atoms with van der Waals surface area (Å²) in [6.45, 7) is 4.66. The number of hydrogen-bond acceptors (Lipinski definition) is 4. The third-order valence-electron chi connectivity index (χ3n) is 4.16. The highest BCUT2D eigenvalue weighted by atomic mass is 16.4. The van der Waals surface area contributed by atoms with Gasteiger partial charge in [-0.2, -0.15) is 0 Å². The Morgan fingerprint density at radius 1 is 1.18 bits per heavy atom. The summed E-state index contributed by atoms with van der Waals surface area (Å²) < 4.78 is 0. The molecular weight excluding hydrogens is 282 g/mol. The van der Waals surface area contributed by atoms with Crippen molar-refractivity contribution in [2.75, 3.05) is 6.54 Å². The molecule has 0 unspecified atom stereocenters. The molecule has 1 amide bonds. The van der Waals surface area contributed by atoms with Crippen LogP contribution in [0.25, 0.3) is 0 Å². The van der Waals surface area contributed by atoms with Crippen LogP contribution >= 0.6 is 0 Å². The minimum absolute atomic E-state index is 0.00206. The smallest absolute Gasteiger partial charge is 0.303 e. The molecule has 0 radical (unpaired) electrons. The average molecular weight is 311 g/mol. The zero-order valence-electron chi connectivity index (χ0n) is 13.8. The van der Waals surface area contributed by atoms with Gasteiger partial charge in [-0.1, -0.05) is 39.5 Å². The lowest BCUT2D eigenvalue weighted by Gasteiger charge is -2.26. The van der Waals surface area contributed by atoms with E-state index in [0.717, 1.165) is 38.5 Å². The molecule has 6 heteroatoms. The predicted octanol–water partition coefficient (Wildman–Crippen LogP) is 2.52. The molecule has 0 aromatic heterocycles. The number of rotatable bonds is 11. The van der Waals surface area contributed by atoms with Crippen molar-refractivity contribution in [2.24, 2.45) is 10.7 Å². The molecule has 1 rings (SSSR count). The number of guanidine groups is 1. The Morgan fingerprint density at radius 2 is 1.77 bits per heavy atom. The Morgan fingerprint density at radius 3 is 2.27 bits per heavy atom. The summed E-state index contributed by atoms with van der Waals surface area (Å²) in [5.41, 5.74) is 5.29. The number of nitrogens with two attached hydrogens (primary N) is 1. The Balaban J connectivity index is 2.68. The molecule has 0 saturated heterocycles. The second-order valence-electron chi connectivity index (χ2n) is 6.02.